The first-order valence-corrected chi connectivity index (χ1v) is 21.7. The number of hydrogen-bond acceptors (Lipinski definition) is 7. The molecule has 9 rings (SSSR count). The quantitative estimate of drug-likeness (QED) is 0.0854. The smallest absolute Gasteiger partial charge is 0.303 e. The van der Waals surface area contributed by atoms with E-state index in [-0.39, 0.29) is 42.1 Å². The standard InChI is InChI=1S/C51H48F3N3O5/c52-44-27-34(38-11-4-24-55-48(38)60-30-32-7-1-8-32)17-20-41(44)51(23-3-14-47(58)59,42-21-18-35(28-45(42)53)39-12-5-25-56-49(39)61-31-33-15-16-33)43-22-19-36(29-46(43)54)40-13-6-26-57-50(40)62-37-9-2-10-37/h4-6,11-13,17-22,24-29,32-33,37H,1-3,7-10,14-16,23,30-31H2,(H,58,59). The summed E-state index contributed by atoms with van der Waals surface area (Å²) in [4.78, 5) is 25.4. The van der Waals surface area contributed by atoms with Crippen LogP contribution in [0, 0.1) is 29.3 Å². The van der Waals surface area contributed by atoms with Gasteiger partial charge in [-0.1, -0.05) is 42.8 Å². The van der Waals surface area contributed by atoms with Crippen LogP contribution in [0.5, 0.6) is 17.6 Å². The van der Waals surface area contributed by atoms with Gasteiger partial charge in [0.1, 0.15) is 23.6 Å². The number of carboxylic acids is 1. The summed E-state index contributed by atoms with van der Waals surface area (Å²) >= 11 is 0. The maximum atomic E-state index is 17.4. The summed E-state index contributed by atoms with van der Waals surface area (Å²) in [5.74, 6) is -1.26. The molecule has 1 atom stereocenters. The molecule has 1 N–H and O–H groups in total. The van der Waals surface area contributed by atoms with Crippen molar-refractivity contribution in [3.05, 3.63) is 144 Å². The van der Waals surface area contributed by atoms with Crippen LogP contribution >= 0.6 is 0 Å². The molecule has 318 valence electrons. The number of rotatable bonds is 18. The zero-order valence-electron chi connectivity index (χ0n) is 34.4. The first kappa shape index (κ1) is 41.1. The second-order valence-corrected chi connectivity index (χ2v) is 16.8. The van der Waals surface area contributed by atoms with E-state index in [4.69, 9.17) is 14.2 Å². The lowest BCUT2D eigenvalue weighted by Gasteiger charge is -2.37. The number of hydrogen-bond donors (Lipinski definition) is 1. The van der Waals surface area contributed by atoms with E-state index in [1.165, 1.54) is 18.2 Å². The molecule has 11 heteroatoms. The van der Waals surface area contributed by atoms with E-state index in [2.05, 4.69) is 15.0 Å². The Bertz CT molecular complexity index is 2580. The Labute approximate surface area is 359 Å². The number of aliphatic carboxylic acids is 1. The van der Waals surface area contributed by atoms with Gasteiger partial charge in [-0.15, -0.1) is 0 Å². The summed E-state index contributed by atoms with van der Waals surface area (Å²) in [5, 5.41) is 9.84. The minimum atomic E-state index is -1.85. The van der Waals surface area contributed by atoms with Crippen molar-refractivity contribution >= 4 is 5.97 Å². The van der Waals surface area contributed by atoms with E-state index in [1.807, 2.05) is 0 Å². The third-order valence-electron chi connectivity index (χ3n) is 12.6. The summed E-state index contributed by atoms with van der Waals surface area (Å²) in [7, 11) is 0. The number of aromatic nitrogens is 3. The number of halogens is 3. The fourth-order valence-electron chi connectivity index (χ4n) is 8.57. The number of nitrogens with zero attached hydrogens (tertiary/aromatic N) is 3. The first-order chi connectivity index (χ1) is 30.3. The van der Waals surface area contributed by atoms with Crippen molar-refractivity contribution in [2.24, 2.45) is 11.8 Å². The summed E-state index contributed by atoms with van der Waals surface area (Å²) in [6.07, 6.45) is 12.8. The van der Waals surface area contributed by atoms with Gasteiger partial charge in [-0.25, -0.2) is 28.1 Å². The first-order valence-electron chi connectivity index (χ1n) is 21.7. The van der Waals surface area contributed by atoms with E-state index in [9.17, 15) is 9.90 Å². The van der Waals surface area contributed by atoms with Gasteiger partial charge in [-0.05, 0) is 141 Å². The molecule has 6 aromatic rings. The van der Waals surface area contributed by atoms with Crippen LogP contribution in [0.15, 0.2) is 110 Å². The van der Waals surface area contributed by atoms with E-state index < -0.39 is 28.8 Å². The van der Waals surface area contributed by atoms with Crippen molar-refractivity contribution < 1.29 is 37.3 Å². The third kappa shape index (κ3) is 8.62. The molecular weight excluding hydrogens is 792 g/mol. The molecule has 8 nitrogen and oxygen atoms in total. The second-order valence-electron chi connectivity index (χ2n) is 16.8. The van der Waals surface area contributed by atoms with Crippen LogP contribution in [-0.4, -0.2) is 45.3 Å². The molecule has 0 bridgehead atoms. The van der Waals surface area contributed by atoms with Crippen molar-refractivity contribution in [1.29, 1.82) is 0 Å². The van der Waals surface area contributed by atoms with Gasteiger partial charge in [-0.3, -0.25) is 4.79 Å². The van der Waals surface area contributed by atoms with Crippen molar-refractivity contribution in [1.82, 2.24) is 15.0 Å². The van der Waals surface area contributed by atoms with Gasteiger partial charge in [0, 0.05) is 58.4 Å². The molecule has 0 aliphatic heterocycles. The summed E-state index contributed by atoms with van der Waals surface area (Å²) in [6.45, 7) is 1.00. The highest BCUT2D eigenvalue weighted by Gasteiger charge is 2.43. The van der Waals surface area contributed by atoms with Gasteiger partial charge >= 0.3 is 5.97 Å². The summed E-state index contributed by atoms with van der Waals surface area (Å²) in [5.41, 5.74) is 1.25. The number of benzene rings is 3. The molecule has 3 heterocycles. The Morgan fingerprint density at radius 3 is 1.42 bits per heavy atom. The highest BCUT2D eigenvalue weighted by Crippen LogP contribution is 2.49. The predicted molar refractivity (Wildman–Crippen MR) is 230 cm³/mol. The monoisotopic (exact) mass is 839 g/mol. The fourth-order valence-corrected chi connectivity index (χ4v) is 8.57. The number of ether oxygens (including phenoxy) is 3. The lowest BCUT2D eigenvalue weighted by Crippen LogP contribution is -2.33. The normalized spacial score (nSPS) is 16.2. The molecule has 3 fully saturated rings. The van der Waals surface area contributed by atoms with Crippen LogP contribution in [-0.2, 0) is 10.2 Å². The molecule has 3 aliphatic carbocycles. The van der Waals surface area contributed by atoms with Gasteiger partial charge < -0.3 is 19.3 Å². The van der Waals surface area contributed by atoms with Gasteiger partial charge in [0.25, 0.3) is 0 Å². The molecular formula is C51H48F3N3O5. The van der Waals surface area contributed by atoms with Gasteiger partial charge in [0.15, 0.2) is 0 Å². The average molecular weight is 840 g/mol. The molecule has 0 saturated heterocycles. The molecule has 0 amide bonds. The lowest BCUT2D eigenvalue weighted by atomic mass is 9.65. The zero-order chi connectivity index (χ0) is 42.6. The van der Waals surface area contributed by atoms with Crippen molar-refractivity contribution in [3.8, 4) is 51.0 Å². The second kappa shape index (κ2) is 18.0. The summed E-state index contributed by atoms with van der Waals surface area (Å²) in [6, 6.07) is 24.4. The van der Waals surface area contributed by atoms with Gasteiger partial charge in [-0.2, -0.15) is 0 Å². The molecule has 0 radical (unpaired) electrons. The predicted octanol–water partition coefficient (Wildman–Crippen LogP) is 11.8. The molecule has 1 unspecified atom stereocenters. The Morgan fingerprint density at radius 1 is 0.597 bits per heavy atom. The fraction of sp³-hybridized carbons (Fsp3) is 0.333. The third-order valence-corrected chi connectivity index (χ3v) is 12.6. The van der Waals surface area contributed by atoms with Crippen molar-refractivity contribution in [2.45, 2.75) is 82.1 Å². The van der Waals surface area contributed by atoms with E-state index >= 15 is 13.2 Å². The topological polar surface area (TPSA) is 104 Å². The maximum absolute atomic E-state index is 17.4. The van der Waals surface area contributed by atoms with Crippen molar-refractivity contribution in [2.75, 3.05) is 13.2 Å². The molecule has 3 saturated carbocycles. The number of pyridine rings is 3. The van der Waals surface area contributed by atoms with E-state index in [1.54, 1.807) is 91.4 Å². The number of carbonyl (C=O) groups is 1. The molecule has 62 heavy (non-hydrogen) atoms. The van der Waals surface area contributed by atoms with Crippen LogP contribution in [0.25, 0.3) is 33.4 Å². The number of carboxylic acid groups (broad SMARTS) is 1. The SMILES string of the molecule is O=C(O)CCCC(c1ccc(-c2cccnc2OCC2CCC2)cc1F)(c1ccc(-c2cccnc2OCC2CC2)cc1F)c1ccc(-c2cccnc2OC2CCC2)cc1F. The molecule has 0 spiro atoms. The van der Waals surface area contributed by atoms with E-state index in [0.29, 0.717) is 76.1 Å². The van der Waals surface area contributed by atoms with Crippen molar-refractivity contribution in [3.63, 3.8) is 0 Å². The van der Waals surface area contributed by atoms with Gasteiger partial charge in [0.05, 0.1) is 18.6 Å². The van der Waals surface area contributed by atoms with Crippen LogP contribution in [0.1, 0.15) is 87.3 Å². The van der Waals surface area contributed by atoms with E-state index in [0.717, 1.165) is 51.4 Å². The highest BCUT2D eigenvalue weighted by molar-refractivity contribution is 5.73. The Balaban J connectivity index is 1.18. The lowest BCUT2D eigenvalue weighted by molar-refractivity contribution is -0.137. The average Bonchev–Trinajstić information content (AvgIpc) is 4.08. The Morgan fingerprint density at radius 2 is 1.03 bits per heavy atom. The molecule has 3 aliphatic rings. The minimum Gasteiger partial charge on any atom is -0.481 e. The highest BCUT2D eigenvalue weighted by atomic mass is 19.1. The van der Waals surface area contributed by atoms with Crippen LogP contribution < -0.4 is 14.2 Å². The Kier molecular flexibility index (Phi) is 11.9. The van der Waals surface area contributed by atoms with Crippen LogP contribution in [0.2, 0.25) is 0 Å². The maximum Gasteiger partial charge on any atom is 0.303 e. The van der Waals surface area contributed by atoms with Crippen LogP contribution in [0.3, 0.4) is 0 Å². The summed E-state index contributed by atoms with van der Waals surface area (Å²) < 4.78 is 70.5. The largest absolute Gasteiger partial charge is 0.481 e. The molecule has 3 aromatic carbocycles. The van der Waals surface area contributed by atoms with Gasteiger partial charge in [0.2, 0.25) is 17.6 Å². The minimum absolute atomic E-state index is 0.0176. The molecule has 3 aromatic heterocycles. The zero-order valence-corrected chi connectivity index (χ0v) is 34.4. The Hall–Kier alpha value is -6.23. The van der Waals surface area contributed by atoms with Crippen LogP contribution in [0.4, 0.5) is 13.2 Å².